The Balaban J connectivity index is 2.11. The molecule has 5 nitrogen and oxygen atoms in total. The van der Waals surface area contributed by atoms with E-state index in [1.54, 1.807) is 38.1 Å². The molecule has 1 heterocycles. The van der Waals surface area contributed by atoms with Crippen LogP contribution in [0.4, 0.5) is 5.69 Å². The summed E-state index contributed by atoms with van der Waals surface area (Å²) in [6, 6.07) is 6.74. The molecule has 102 valence electrons. The average Bonchev–Trinajstić information content (AvgIpc) is 2.57. The molecule has 2 rings (SSSR count). The Labute approximate surface area is 112 Å². The summed E-state index contributed by atoms with van der Waals surface area (Å²) in [4.78, 5) is 25.0. The molecule has 0 aromatic heterocycles. The van der Waals surface area contributed by atoms with Gasteiger partial charge in [0.1, 0.15) is 0 Å². The number of nitrogens with zero attached hydrogens (tertiary/aromatic N) is 1. The molecule has 3 unspecified atom stereocenters. The monoisotopic (exact) mass is 262 g/mol. The first-order valence-corrected chi connectivity index (χ1v) is 6.30. The van der Waals surface area contributed by atoms with Gasteiger partial charge in [-0.1, -0.05) is 26.0 Å². The smallest absolute Gasteiger partial charge is 0.232 e. The zero-order valence-electron chi connectivity index (χ0n) is 11.0. The van der Waals surface area contributed by atoms with Gasteiger partial charge in [-0.25, -0.2) is 0 Å². The molecule has 5 heteroatoms. The van der Waals surface area contributed by atoms with Gasteiger partial charge in [-0.3, -0.25) is 14.5 Å². The summed E-state index contributed by atoms with van der Waals surface area (Å²) in [5.41, 5.74) is 6.81. The fourth-order valence-corrected chi connectivity index (χ4v) is 2.20. The number of amides is 2. The number of aliphatic hydroxyl groups is 1. The Kier molecular flexibility index (Phi) is 3.57. The Bertz CT molecular complexity index is 478. The van der Waals surface area contributed by atoms with Gasteiger partial charge < -0.3 is 10.8 Å². The fraction of sp³-hybridized carbons (Fsp3) is 0.429. The Hall–Kier alpha value is -1.88. The van der Waals surface area contributed by atoms with E-state index in [0.717, 1.165) is 4.90 Å². The number of benzene rings is 1. The molecule has 3 N–H and O–H groups in total. The molecule has 0 spiro atoms. The van der Waals surface area contributed by atoms with Crippen LogP contribution in [0.3, 0.4) is 0 Å². The highest BCUT2D eigenvalue weighted by molar-refractivity contribution is 6.04. The van der Waals surface area contributed by atoms with Gasteiger partial charge in [-0.15, -0.1) is 0 Å². The van der Waals surface area contributed by atoms with Gasteiger partial charge in [0.2, 0.25) is 11.8 Å². The molecule has 1 fully saturated rings. The Morgan fingerprint density at radius 3 is 2.11 bits per heavy atom. The number of imide groups is 1. The first-order valence-electron chi connectivity index (χ1n) is 6.30. The third-order valence-corrected chi connectivity index (χ3v) is 3.74. The summed E-state index contributed by atoms with van der Waals surface area (Å²) < 4.78 is 0. The lowest BCUT2D eigenvalue weighted by atomic mass is 10.00. The lowest BCUT2D eigenvalue weighted by molar-refractivity contribution is -0.141. The highest BCUT2D eigenvalue weighted by atomic mass is 16.3. The molecule has 1 aliphatic heterocycles. The minimum Gasteiger partial charge on any atom is -0.399 e. The summed E-state index contributed by atoms with van der Waals surface area (Å²) in [7, 11) is 0. The zero-order chi connectivity index (χ0) is 14.2. The number of likely N-dealkylation sites (tertiary alicyclic amines) is 1. The number of nitrogen functional groups attached to an aromatic ring is 1. The quantitative estimate of drug-likeness (QED) is 0.627. The molecule has 0 radical (unpaired) electrons. The minimum atomic E-state index is -0.883. The van der Waals surface area contributed by atoms with Crippen molar-refractivity contribution >= 4 is 17.5 Å². The molecular weight excluding hydrogens is 244 g/mol. The van der Waals surface area contributed by atoms with E-state index in [2.05, 4.69) is 0 Å². The summed E-state index contributed by atoms with van der Waals surface area (Å²) in [5.74, 6) is -1.06. The average molecular weight is 262 g/mol. The first-order chi connectivity index (χ1) is 8.91. The van der Waals surface area contributed by atoms with E-state index in [1.807, 2.05) is 0 Å². The van der Waals surface area contributed by atoms with E-state index in [9.17, 15) is 14.7 Å². The molecule has 1 aliphatic rings. The van der Waals surface area contributed by atoms with Gasteiger partial charge in [-0.05, 0) is 17.7 Å². The first kappa shape index (κ1) is 13.5. The van der Waals surface area contributed by atoms with Crippen molar-refractivity contribution in [1.29, 1.82) is 0 Å². The lowest BCUT2D eigenvalue weighted by Crippen LogP contribution is -2.34. The number of β-amino-alcohol motifs (C(OH)–C–C–N with tert-alkyl or cyclic N) is 1. The number of hydrogen-bond donors (Lipinski definition) is 2. The molecule has 0 bridgehead atoms. The summed E-state index contributed by atoms with van der Waals surface area (Å²) in [6.07, 6.45) is -0.883. The zero-order valence-corrected chi connectivity index (χ0v) is 11.0. The number of nitrogens with two attached hydrogens (primary N) is 1. The Morgan fingerprint density at radius 2 is 1.63 bits per heavy atom. The molecule has 2 amide bonds. The van der Waals surface area contributed by atoms with E-state index in [4.69, 9.17) is 5.73 Å². The second kappa shape index (κ2) is 5.01. The van der Waals surface area contributed by atoms with Crippen LogP contribution in [0.1, 0.15) is 25.5 Å². The van der Waals surface area contributed by atoms with Gasteiger partial charge in [0.05, 0.1) is 12.6 Å². The normalized spacial score (nSPS) is 24.9. The third kappa shape index (κ3) is 2.46. The van der Waals surface area contributed by atoms with Crippen molar-refractivity contribution in [3.05, 3.63) is 29.8 Å². The maximum atomic E-state index is 11.9. The van der Waals surface area contributed by atoms with Gasteiger partial charge >= 0.3 is 0 Å². The van der Waals surface area contributed by atoms with E-state index in [1.165, 1.54) is 0 Å². The SMILES string of the molecule is CC1C(=O)N(CC(O)c2ccc(N)cc2)C(=O)C1C. The molecule has 0 saturated carbocycles. The van der Waals surface area contributed by atoms with Crippen LogP contribution in [0.2, 0.25) is 0 Å². The summed E-state index contributed by atoms with van der Waals surface area (Å²) in [6.45, 7) is 3.47. The molecule has 3 atom stereocenters. The van der Waals surface area contributed by atoms with Crippen LogP contribution in [-0.4, -0.2) is 28.4 Å². The van der Waals surface area contributed by atoms with Crippen molar-refractivity contribution in [3.8, 4) is 0 Å². The maximum absolute atomic E-state index is 11.9. The number of carbonyl (C=O) groups is 2. The molecule has 1 aromatic carbocycles. The predicted molar refractivity (Wildman–Crippen MR) is 70.9 cm³/mol. The number of hydrogen-bond acceptors (Lipinski definition) is 4. The highest BCUT2D eigenvalue weighted by Crippen LogP contribution is 2.27. The van der Waals surface area contributed by atoms with Crippen molar-refractivity contribution in [3.63, 3.8) is 0 Å². The summed E-state index contributed by atoms with van der Waals surface area (Å²) in [5, 5.41) is 10.1. The van der Waals surface area contributed by atoms with Crippen LogP contribution < -0.4 is 5.73 Å². The van der Waals surface area contributed by atoms with Gasteiger partial charge in [0.25, 0.3) is 0 Å². The van der Waals surface area contributed by atoms with Crippen molar-refractivity contribution in [1.82, 2.24) is 4.90 Å². The van der Waals surface area contributed by atoms with Gasteiger partial charge in [0.15, 0.2) is 0 Å². The third-order valence-electron chi connectivity index (χ3n) is 3.74. The number of aliphatic hydroxyl groups excluding tert-OH is 1. The Morgan fingerprint density at radius 1 is 1.16 bits per heavy atom. The standard InChI is InChI=1S/C14H18N2O3/c1-8-9(2)14(19)16(13(8)18)7-12(17)10-3-5-11(15)6-4-10/h3-6,8-9,12,17H,7,15H2,1-2H3. The van der Waals surface area contributed by atoms with Crippen LogP contribution in [-0.2, 0) is 9.59 Å². The molecule has 0 aliphatic carbocycles. The minimum absolute atomic E-state index is 0.00371. The van der Waals surface area contributed by atoms with Crippen LogP contribution in [0.25, 0.3) is 0 Å². The topological polar surface area (TPSA) is 83.6 Å². The molecule has 1 saturated heterocycles. The van der Waals surface area contributed by atoms with Crippen molar-refractivity contribution < 1.29 is 14.7 Å². The van der Waals surface area contributed by atoms with E-state index in [0.29, 0.717) is 11.3 Å². The highest BCUT2D eigenvalue weighted by Gasteiger charge is 2.42. The van der Waals surface area contributed by atoms with Crippen molar-refractivity contribution in [2.24, 2.45) is 11.8 Å². The van der Waals surface area contributed by atoms with Gasteiger partial charge in [-0.2, -0.15) is 0 Å². The fourth-order valence-electron chi connectivity index (χ4n) is 2.20. The maximum Gasteiger partial charge on any atom is 0.232 e. The number of carbonyl (C=O) groups excluding carboxylic acids is 2. The van der Waals surface area contributed by atoms with Crippen LogP contribution >= 0.6 is 0 Å². The van der Waals surface area contributed by atoms with Crippen LogP contribution in [0.15, 0.2) is 24.3 Å². The molecule has 19 heavy (non-hydrogen) atoms. The van der Waals surface area contributed by atoms with E-state index < -0.39 is 6.10 Å². The predicted octanol–water partition coefficient (Wildman–Crippen LogP) is 0.943. The molecule has 1 aromatic rings. The van der Waals surface area contributed by atoms with Crippen LogP contribution in [0.5, 0.6) is 0 Å². The largest absolute Gasteiger partial charge is 0.399 e. The second-order valence-corrected chi connectivity index (χ2v) is 5.05. The van der Waals surface area contributed by atoms with Crippen molar-refractivity contribution in [2.45, 2.75) is 20.0 Å². The van der Waals surface area contributed by atoms with Crippen LogP contribution in [0, 0.1) is 11.8 Å². The summed E-state index contributed by atoms with van der Waals surface area (Å²) >= 11 is 0. The van der Waals surface area contributed by atoms with Gasteiger partial charge in [0, 0.05) is 17.5 Å². The lowest BCUT2D eigenvalue weighted by Gasteiger charge is -2.19. The van der Waals surface area contributed by atoms with Crippen molar-refractivity contribution in [2.75, 3.05) is 12.3 Å². The van der Waals surface area contributed by atoms with E-state index in [-0.39, 0.29) is 30.2 Å². The number of rotatable bonds is 3. The number of anilines is 1. The second-order valence-electron chi connectivity index (χ2n) is 5.05. The van der Waals surface area contributed by atoms with E-state index >= 15 is 0 Å². The molecular formula is C14H18N2O3.